The molecule has 24 heavy (non-hydrogen) atoms. The fraction of sp³-hybridized carbons (Fsp3) is 0.105. The number of hydrogen-bond acceptors (Lipinski definition) is 4. The van der Waals surface area contributed by atoms with Gasteiger partial charge in [0.2, 0.25) is 0 Å². The Morgan fingerprint density at radius 2 is 1.79 bits per heavy atom. The first-order valence-corrected chi connectivity index (χ1v) is 8.44. The molecule has 0 saturated heterocycles. The molecule has 4 nitrogen and oxygen atoms in total. The average molecular weight is 337 g/mol. The van der Waals surface area contributed by atoms with Crippen molar-refractivity contribution in [3.8, 4) is 0 Å². The van der Waals surface area contributed by atoms with E-state index in [0.29, 0.717) is 16.9 Å². The molecule has 3 rings (SSSR count). The zero-order chi connectivity index (χ0) is 17.1. The summed E-state index contributed by atoms with van der Waals surface area (Å²) in [4.78, 5) is 13.5. The van der Waals surface area contributed by atoms with Gasteiger partial charge in [-0.05, 0) is 48.4 Å². The number of nitrogens with one attached hydrogen (secondary N) is 1. The number of amides is 1. The van der Waals surface area contributed by atoms with Gasteiger partial charge >= 0.3 is 0 Å². The normalized spacial score (nSPS) is 10.5. The van der Waals surface area contributed by atoms with Crippen LogP contribution in [-0.4, -0.2) is 5.91 Å². The van der Waals surface area contributed by atoms with Gasteiger partial charge in [-0.1, -0.05) is 24.3 Å². The van der Waals surface area contributed by atoms with Gasteiger partial charge in [0, 0.05) is 16.9 Å². The zero-order valence-electron chi connectivity index (χ0n) is 13.4. The second kappa shape index (κ2) is 6.76. The van der Waals surface area contributed by atoms with Crippen molar-refractivity contribution in [1.82, 2.24) is 0 Å². The van der Waals surface area contributed by atoms with E-state index in [9.17, 15) is 4.79 Å². The molecule has 0 radical (unpaired) electrons. The van der Waals surface area contributed by atoms with Crippen molar-refractivity contribution in [2.45, 2.75) is 13.3 Å². The van der Waals surface area contributed by atoms with Crippen molar-refractivity contribution in [2.24, 2.45) is 0 Å². The van der Waals surface area contributed by atoms with Crippen LogP contribution >= 0.6 is 11.3 Å². The van der Waals surface area contributed by atoms with Gasteiger partial charge in [0.15, 0.2) is 0 Å². The van der Waals surface area contributed by atoms with Crippen molar-refractivity contribution >= 4 is 33.6 Å². The Bertz CT molecular complexity index is 849. The van der Waals surface area contributed by atoms with Gasteiger partial charge in [0.05, 0.1) is 16.4 Å². The molecule has 0 spiro atoms. The number of rotatable bonds is 4. The molecule has 0 aliphatic rings. The number of nitrogen functional groups attached to an aromatic ring is 2. The minimum absolute atomic E-state index is 0.171. The SMILES string of the molecule is Cc1cc(Cc2ccc(C(=O)Nc3ccccc3N)cc2)sc1N. The van der Waals surface area contributed by atoms with E-state index >= 15 is 0 Å². The summed E-state index contributed by atoms with van der Waals surface area (Å²) in [5.74, 6) is -0.171. The van der Waals surface area contributed by atoms with Crippen LogP contribution in [0.1, 0.15) is 26.4 Å². The van der Waals surface area contributed by atoms with E-state index in [1.165, 1.54) is 4.88 Å². The van der Waals surface area contributed by atoms with Crippen LogP contribution in [0.4, 0.5) is 16.4 Å². The molecule has 0 aliphatic carbocycles. The third kappa shape index (κ3) is 3.58. The first kappa shape index (κ1) is 16.1. The molecule has 1 heterocycles. The topological polar surface area (TPSA) is 81.1 Å². The van der Waals surface area contributed by atoms with E-state index in [-0.39, 0.29) is 5.91 Å². The average Bonchev–Trinajstić information content (AvgIpc) is 2.88. The molecule has 1 aromatic heterocycles. The molecule has 0 bridgehead atoms. The highest BCUT2D eigenvalue weighted by Gasteiger charge is 2.09. The smallest absolute Gasteiger partial charge is 0.255 e. The predicted octanol–water partition coefficient (Wildman–Crippen LogP) is 4.06. The summed E-state index contributed by atoms with van der Waals surface area (Å²) in [7, 11) is 0. The van der Waals surface area contributed by atoms with Crippen molar-refractivity contribution in [1.29, 1.82) is 0 Å². The Hall–Kier alpha value is -2.79. The molecule has 3 aromatic rings. The van der Waals surface area contributed by atoms with Gasteiger partial charge in [0.25, 0.3) is 5.91 Å². The molecular weight excluding hydrogens is 318 g/mol. The van der Waals surface area contributed by atoms with Gasteiger partial charge in [-0.15, -0.1) is 11.3 Å². The summed E-state index contributed by atoms with van der Waals surface area (Å²) in [5.41, 5.74) is 15.8. The number of hydrogen-bond donors (Lipinski definition) is 3. The van der Waals surface area contributed by atoms with E-state index in [1.54, 1.807) is 23.5 Å². The Morgan fingerprint density at radius 1 is 1.08 bits per heavy atom. The third-order valence-electron chi connectivity index (χ3n) is 3.81. The Labute approximate surface area is 145 Å². The van der Waals surface area contributed by atoms with Gasteiger partial charge in [-0.25, -0.2) is 0 Å². The highest BCUT2D eigenvalue weighted by molar-refractivity contribution is 7.16. The van der Waals surface area contributed by atoms with Crippen LogP contribution in [0.5, 0.6) is 0 Å². The van der Waals surface area contributed by atoms with Crippen LogP contribution in [-0.2, 0) is 6.42 Å². The van der Waals surface area contributed by atoms with Gasteiger partial charge < -0.3 is 16.8 Å². The number of carbonyl (C=O) groups excluding carboxylic acids is 1. The van der Waals surface area contributed by atoms with E-state index in [2.05, 4.69) is 11.4 Å². The van der Waals surface area contributed by atoms with Crippen LogP contribution in [0.15, 0.2) is 54.6 Å². The van der Waals surface area contributed by atoms with E-state index < -0.39 is 0 Å². The maximum Gasteiger partial charge on any atom is 0.255 e. The van der Waals surface area contributed by atoms with Crippen molar-refractivity contribution in [3.63, 3.8) is 0 Å². The minimum atomic E-state index is -0.171. The highest BCUT2D eigenvalue weighted by atomic mass is 32.1. The quantitative estimate of drug-likeness (QED) is 0.628. The molecule has 2 aromatic carbocycles. The third-order valence-corrected chi connectivity index (χ3v) is 4.88. The van der Waals surface area contributed by atoms with Crippen LogP contribution in [0.2, 0.25) is 0 Å². The molecule has 1 amide bonds. The van der Waals surface area contributed by atoms with Crippen LogP contribution in [0.3, 0.4) is 0 Å². The molecular formula is C19H19N3OS. The Balaban J connectivity index is 1.69. The molecule has 0 saturated carbocycles. The fourth-order valence-corrected chi connectivity index (χ4v) is 3.41. The zero-order valence-corrected chi connectivity index (χ0v) is 14.2. The molecule has 0 aliphatic heterocycles. The van der Waals surface area contributed by atoms with E-state index in [1.807, 2.05) is 43.3 Å². The predicted molar refractivity (Wildman–Crippen MR) is 102 cm³/mol. The van der Waals surface area contributed by atoms with Gasteiger partial charge in [-0.3, -0.25) is 4.79 Å². The standard InChI is InChI=1S/C19H19N3OS/c1-12-10-15(24-18(12)21)11-13-6-8-14(9-7-13)19(23)22-17-5-3-2-4-16(17)20/h2-10H,11,20-21H2,1H3,(H,22,23). The molecule has 0 fully saturated rings. The monoisotopic (exact) mass is 337 g/mol. The second-order valence-electron chi connectivity index (χ2n) is 5.68. The lowest BCUT2D eigenvalue weighted by Gasteiger charge is -2.08. The first-order valence-electron chi connectivity index (χ1n) is 7.62. The van der Waals surface area contributed by atoms with E-state index in [0.717, 1.165) is 22.5 Å². The maximum atomic E-state index is 12.3. The number of nitrogens with two attached hydrogens (primary N) is 2. The molecule has 0 unspecified atom stereocenters. The fourth-order valence-electron chi connectivity index (χ4n) is 2.43. The Morgan fingerprint density at radius 3 is 2.42 bits per heavy atom. The molecule has 5 N–H and O–H groups in total. The molecule has 0 atom stereocenters. The number of aryl methyl sites for hydroxylation is 1. The molecule has 5 heteroatoms. The summed E-state index contributed by atoms with van der Waals surface area (Å²) in [6.45, 7) is 2.01. The van der Waals surface area contributed by atoms with Crippen LogP contribution in [0.25, 0.3) is 0 Å². The van der Waals surface area contributed by atoms with Gasteiger partial charge in [-0.2, -0.15) is 0 Å². The number of thiophene rings is 1. The maximum absolute atomic E-state index is 12.3. The summed E-state index contributed by atoms with van der Waals surface area (Å²) >= 11 is 1.61. The lowest BCUT2D eigenvalue weighted by Crippen LogP contribution is -2.13. The largest absolute Gasteiger partial charge is 0.397 e. The van der Waals surface area contributed by atoms with E-state index in [4.69, 9.17) is 11.5 Å². The first-order chi connectivity index (χ1) is 11.5. The van der Waals surface area contributed by atoms with Crippen LogP contribution in [0, 0.1) is 6.92 Å². The lowest BCUT2D eigenvalue weighted by molar-refractivity contribution is 0.102. The summed E-state index contributed by atoms with van der Waals surface area (Å²) in [5, 5.41) is 3.69. The molecule has 122 valence electrons. The number of benzene rings is 2. The van der Waals surface area contributed by atoms with Crippen molar-refractivity contribution in [2.75, 3.05) is 16.8 Å². The van der Waals surface area contributed by atoms with Crippen molar-refractivity contribution < 1.29 is 4.79 Å². The number of anilines is 3. The lowest BCUT2D eigenvalue weighted by atomic mass is 10.1. The second-order valence-corrected chi connectivity index (χ2v) is 6.84. The summed E-state index contributed by atoms with van der Waals surface area (Å²) in [6, 6.07) is 16.9. The summed E-state index contributed by atoms with van der Waals surface area (Å²) in [6.07, 6.45) is 0.816. The van der Waals surface area contributed by atoms with Crippen LogP contribution < -0.4 is 16.8 Å². The minimum Gasteiger partial charge on any atom is -0.397 e. The number of carbonyl (C=O) groups is 1. The van der Waals surface area contributed by atoms with Crippen molar-refractivity contribution in [3.05, 3.63) is 76.2 Å². The van der Waals surface area contributed by atoms with Gasteiger partial charge in [0.1, 0.15) is 0 Å². The highest BCUT2D eigenvalue weighted by Crippen LogP contribution is 2.26. The Kier molecular flexibility index (Phi) is 4.53. The summed E-state index contributed by atoms with van der Waals surface area (Å²) < 4.78 is 0. The number of para-hydroxylation sites is 2.